The van der Waals surface area contributed by atoms with Crippen LogP contribution in [-0.4, -0.2) is 4.98 Å². The van der Waals surface area contributed by atoms with E-state index >= 15 is 0 Å². The van der Waals surface area contributed by atoms with Crippen molar-refractivity contribution in [3.8, 4) is 0 Å². The third kappa shape index (κ3) is 1.87. The Balaban J connectivity index is 2.79. The predicted octanol–water partition coefficient (Wildman–Crippen LogP) is 3.92. The smallest absolute Gasteiger partial charge is 0.351 e. The normalized spacial score (nSPS) is 11.9. The van der Waals surface area contributed by atoms with Crippen LogP contribution in [0.25, 0.3) is 10.9 Å². The number of H-pyrrole nitrogens is 1. The van der Waals surface area contributed by atoms with E-state index in [1.807, 2.05) is 0 Å². The number of benzene rings is 1. The molecule has 1 aromatic carbocycles. The van der Waals surface area contributed by atoms with Gasteiger partial charge in [0.05, 0.1) is 0 Å². The van der Waals surface area contributed by atoms with Gasteiger partial charge in [-0.25, -0.2) is 0 Å². The molecule has 0 aliphatic carbocycles. The number of halogens is 3. The monoisotopic (exact) mass is 229 g/mol. The molecule has 0 saturated heterocycles. The van der Waals surface area contributed by atoms with Crippen LogP contribution in [0.15, 0.2) is 30.3 Å². The maximum Gasteiger partial charge on any atom is 0.431 e. The van der Waals surface area contributed by atoms with Crippen molar-refractivity contribution < 1.29 is 13.2 Å². The first-order chi connectivity index (χ1) is 6.98. The number of nitrogens with one attached hydrogen (secondary N) is 1. The highest BCUT2D eigenvalue weighted by molar-refractivity contribution is 7.71. The van der Waals surface area contributed by atoms with Crippen LogP contribution in [0, 0.1) is 4.51 Å². The first kappa shape index (κ1) is 10.2. The second kappa shape index (κ2) is 3.34. The second-order valence-corrected chi connectivity index (χ2v) is 3.53. The summed E-state index contributed by atoms with van der Waals surface area (Å²) in [4.78, 5) is 2.32. The summed E-state index contributed by atoms with van der Waals surface area (Å²) in [5.74, 6) is 0. The van der Waals surface area contributed by atoms with E-state index in [0.29, 0.717) is 10.9 Å². The van der Waals surface area contributed by atoms with Crippen molar-refractivity contribution in [2.24, 2.45) is 0 Å². The summed E-state index contributed by atoms with van der Waals surface area (Å²) in [7, 11) is 0. The number of alkyl halides is 3. The molecule has 2 aromatic rings. The number of rotatable bonds is 0. The predicted molar refractivity (Wildman–Crippen MR) is 54.1 cm³/mol. The minimum Gasteiger partial charge on any atom is -0.351 e. The molecule has 1 heterocycles. The Hall–Kier alpha value is -1.36. The molecular formula is C10H6F3NS. The molecule has 1 N–H and O–H groups in total. The van der Waals surface area contributed by atoms with E-state index in [9.17, 15) is 13.2 Å². The molecule has 0 aliphatic rings. The number of hydrogen-bond acceptors (Lipinski definition) is 1. The van der Waals surface area contributed by atoms with E-state index in [1.165, 1.54) is 0 Å². The van der Waals surface area contributed by atoms with Gasteiger partial charge in [-0.1, -0.05) is 30.4 Å². The molecule has 0 spiro atoms. The van der Waals surface area contributed by atoms with Gasteiger partial charge in [0.2, 0.25) is 0 Å². The van der Waals surface area contributed by atoms with Gasteiger partial charge in [0, 0.05) is 15.4 Å². The van der Waals surface area contributed by atoms with Crippen molar-refractivity contribution in [3.63, 3.8) is 0 Å². The van der Waals surface area contributed by atoms with Crippen LogP contribution in [0.5, 0.6) is 0 Å². The average molecular weight is 229 g/mol. The summed E-state index contributed by atoms with van der Waals surface area (Å²) >= 11 is 4.89. The highest BCUT2D eigenvalue weighted by Crippen LogP contribution is 2.29. The Kier molecular flexibility index (Phi) is 2.26. The van der Waals surface area contributed by atoms with E-state index in [-0.39, 0.29) is 4.51 Å². The Morgan fingerprint density at radius 1 is 1.13 bits per heavy atom. The van der Waals surface area contributed by atoms with Crippen LogP contribution in [0.2, 0.25) is 0 Å². The molecule has 1 aromatic heterocycles. The third-order valence-electron chi connectivity index (χ3n) is 2.04. The number of para-hydroxylation sites is 1. The van der Waals surface area contributed by atoms with E-state index in [4.69, 9.17) is 12.2 Å². The number of aromatic amines is 1. The minimum absolute atomic E-state index is 0.205. The van der Waals surface area contributed by atoms with Crippen LogP contribution in [0.3, 0.4) is 0 Å². The van der Waals surface area contributed by atoms with Crippen molar-refractivity contribution in [2.45, 2.75) is 6.18 Å². The maximum atomic E-state index is 12.4. The van der Waals surface area contributed by atoms with E-state index < -0.39 is 11.9 Å². The van der Waals surface area contributed by atoms with Gasteiger partial charge in [0.25, 0.3) is 0 Å². The lowest BCUT2D eigenvalue weighted by molar-refractivity contribution is -0.141. The molecule has 0 unspecified atom stereocenters. The fourth-order valence-electron chi connectivity index (χ4n) is 1.35. The quantitative estimate of drug-likeness (QED) is 0.677. The van der Waals surface area contributed by atoms with Crippen molar-refractivity contribution in [1.82, 2.24) is 4.98 Å². The van der Waals surface area contributed by atoms with E-state index in [2.05, 4.69) is 4.98 Å². The van der Waals surface area contributed by atoms with Crippen molar-refractivity contribution >= 4 is 23.1 Å². The molecule has 1 nitrogen and oxygen atoms in total. The Bertz CT molecular complexity index is 556. The zero-order valence-electron chi connectivity index (χ0n) is 7.43. The standard InChI is InChI=1S/C10H6F3NS/c11-10(12,13)9-5-8(15)6-3-1-2-4-7(6)14-9/h1-5H,(H,14,15). The molecule has 2 rings (SSSR count). The topological polar surface area (TPSA) is 15.8 Å². The number of hydrogen-bond donors (Lipinski definition) is 1. The summed E-state index contributed by atoms with van der Waals surface area (Å²) in [6.07, 6.45) is -4.39. The lowest BCUT2D eigenvalue weighted by Gasteiger charge is -2.08. The van der Waals surface area contributed by atoms with Crippen LogP contribution in [0.4, 0.5) is 13.2 Å². The highest BCUT2D eigenvalue weighted by atomic mass is 32.1. The number of pyridine rings is 1. The van der Waals surface area contributed by atoms with Gasteiger partial charge in [-0.15, -0.1) is 0 Å². The van der Waals surface area contributed by atoms with Crippen LogP contribution in [-0.2, 0) is 6.18 Å². The number of fused-ring (bicyclic) bond motifs is 1. The summed E-state index contributed by atoms with van der Waals surface area (Å²) in [6, 6.07) is 7.60. The molecule has 5 heteroatoms. The number of aromatic nitrogens is 1. The Morgan fingerprint density at radius 3 is 2.47 bits per heavy atom. The lowest BCUT2D eigenvalue weighted by Crippen LogP contribution is -2.07. The largest absolute Gasteiger partial charge is 0.431 e. The summed E-state index contributed by atoms with van der Waals surface area (Å²) < 4.78 is 37.5. The van der Waals surface area contributed by atoms with Gasteiger partial charge < -0.3 is 4.98 Å². The van der Waals surface area contributed by atoms with Crippen LogP contribution in [0.1, 0.15) is 5.69 Å². The zero-order chi connectivity index (χ0) is 11.1. The van der Waals surface area contributed by atoms with Gasteiger partial charge in [0.1, 0.15) is 5.69 Å². The molecule has 0 saturated carbocycles. The molecule has 78 valence electrons. The Labute approximate surface area is 88.6 Å². The van der Waals surface area contributed by atoms with Gasteiger partial charge in [-0.3, -0.25) is 0 Å². The molecule has 0 radical (unpaired) electrons. The summed E-state index contributed by atoms with van der Waals surface area (Å²) in [5, 5.41) is 0.625. The van der Waals surface area contributed by atoms with Crippen LogP contribution >= 0.6 is 12.2 Å². The van der Waals surface area contributed by atoms with Gasteiger partial charge in [-0.05, 0) is 12.1 Å². The second-order valence-electron chi connectivity index (χ2n) is 3.09. The van der Waals surface area contributed by atoms with Crippen molar-refractivity contribution in [2.75, 3.05) is 0 Å². The third-order valence-corrected chi connectivity index (χ3v) is 2.38. The average Bonchev–Trinajstić information content (AvgIpc) is 2.16. The van der Waals surface area contributed by atoms with Gasteiger partial charge in [-0.2, -0.15) is 13.2 Å². The highest BCUT2D eigenvalue weighted by Gasteiger charge is 2.31. The van der Waals surface area contributed by atoms with Crippen molar-refractivity contribution in [3.05, 3.63) is 40.5 Å². The maximum absolute atomic E-state index is 12.4. The van der Waals surface area contributed by atoms with E-state index in [1.54, 1.807) is 24.3 Å². The fraction of sp³-hybridized carbons (Fsp3) is 0.100. The first-order valence-electron chi connectivity index (χ1n) is 4.18. The van der Waals surface area contributed by atoms with Crippen molar-refractivity contribution in [1.29, 1.82) is 0 Å². The van der Waals surface area contributed by atoms with Crippen LogP contribution < -0.4 is 0 Å². The first-order valence-corrected chi connectivity index (χ1v) is 4.58. The molecule has 0 atom stereocenters. The Morgan fingerprint density at radius 2 is 1.80 bits per heavy atom. The van der Waals surface area contributed by atoms with Gasteiger partial charge in [0.15, 0.2) is 0 Å². The molecule has 0 amide bonds. The fourth-order valence-corrected chi connectivity index (χ4v) is 1.65. The van der Waals surface area contributed by atoms with Gasteiger partial charge >= 0.3 is 6.18 Å². The van der Waals surface area contributed by atoms with E-state index in [0.717, 1.165) is 6.07 Å². The minimum atomic E-state index is -4.39. The molecule has 0 bridgehead atoms. The summed E-state index contributed by atoms with van der Waals surface area (Å²) in [5.41, 5.74) is -0.413. The molecule has 15 heavy (non-hydrogen) atoms. The SMILES string of the molecule is FC(F)(F)c1cc(=S)c2ccccc2[nH]1. The molecule has 0 aliphatic heterocycles. The summed E-state index contributed by atoms with van der Waals surface area (Å²) in [6.45, 7) is 0. The lowest BCUT2D eigenvalue weighted by atomic mass is 10.2. The molecular weight excluding hydrogens is 223 g/mol. The molecule has 0 fully saturated rings. The zero-order valence-corrected chi connectivity index (χ0v) is 8.25.